The molecule has 3 rings (SSSR count). The van der Waals surface area contributed by atoms with Crippen LogP contribution < -0.4 is 4.74 Å². The zero-order chi connectivity index (χ0) is 11.8. The van der Waals surface area contributed by atoms with Gasteiger partial charge in [0, 0.05) is 19.5 Å². The van der Waals surface area contributed by atoms with Gasteiger partial charge in [0.1, 0.15) is 5.75 Å². The summed E-state index contributed by atoms with van der Waals surface area (Å²) >= 11 is 0. The van der Waals surface area contributed by atoms with Crippen molar-refractivity contribution < 1.29 is 14.6 Å². The first-order valence-electron chi connectivity index (χ1n) is 5.95. The predicted octanol–water partition coefficient (Wildman–Crippen LogP) is 0.583. The molecule has 1 saturated heterocycles. The lowest BCUT2D eigenvalue weighted by atomic mass is 10.1. The average molecular weight is 233 g/mol. The van der Waals surface area contributed by atoms with Gasteiger partial charge in [0.2, 0.25) is 0 Å². The second kappa shape index (κ2) is 4.04. The molecule has 1 N–H and O–H groups in total. The lowest BCUT2D eigenvalue weighted by molar-refractivity contribution is -0.137. The van der Waals surface area contributed by atoms with Crippen LogP contribution in [-0.2, 0) is 11.2 Å². The monoisotopic (exact) mass is 233 g/mol. The van der Waals surface area contributed by atoms with Crippen molar-refractivity contribution in [3.05, 3.63) is 29.8 Å². The van der Waals surface area contributed by atoms with Crippen LogP contribution in [0.1, 0.15) is 12.0 Å². The standard InChI is InChI=1S/C13H15NO3/c15-10-5-6-14(8-10)13(16)12-7-9-3-1-2-4-11(9)17-12/h1-4,10,12,15H,5-8H2. The van der Waals surface area contributed by atoms with Crippen LogP contribution in [0.2, 0.25) is 0 Å². The molecule has 0 radical (unpaired) electrons. The summed E-state index contributed by atoms with van der Waals surface area (Å²) in [6.07, 6.45) is 0.535. The highest BCUT2D eigenvalue weighted by Crippen LogP contribution is 2.29. The molecule has 2 aliphatic heterocycles. The van der Waals surface area contributed by atoms with Crippen molar-refractivity contribution in [2.45, 2.75) is 25.0 Å². The highest BCUT2D eigenvalue weighted by Gasteiger charge is 2.34. The molecule has 2 aliphatic rings. The molecule has 90 valence electrons. The highest BCUT2D eigenvalue weighted by atomic mass is 16.5. The third kappa shape index (κ3) is 1.89. The molecule has 2 atom stereocenters. The van der Waals surface area contributed by atoms with E-state index in [1.54, 1.807) is 4.90 Å². The fraction of sp³-hybridized carbons (Fsp3) is 0.462. The summed E-state index contributed by atoms with van der Waals surface area (Å²) in [7, 11) is 0. The number of hydrogen-bond donors (Lipinski definition) is 1. The molecule has 1 fully saturated rings. The second-order valence-corrected chi connectivity index (χ2v) is 4.65. The Labute approximate surface area is 99.8 Å². The number of fused-ring (bicyclic) bond motifs is 1. The zero-order valence-electron chi connectivity index (χ0n) is 9.50. The first-order chi connectivity index (χ1) is 8.24. The van der Waals surface area contributed by atoms with E-state index in [1.807, 2.05) is 24.3 Å². The Bertz CT molecular complexity index is 421. The fourth-order valence-electron chi connectivity index (χ4n) is 2.47. The molecular weight excluding hydrogens is 218 g/mol. The van der Waals surface area contributed by atoms with E-state index in [1.165, 1.54) is 0 Å². The normalized spacial score (nSPS) is 26.8. The third-order valence-corrected chi connectivity index (χ3v) is 3.40. The third-order valence-electron chi connectivity index (χ3n) is 3.40. The van der Waals surface area contributed by atoms with Gasteiger partial charge in [-0.05, 0) is 18.1 Å². The van der Waals surface area contributed by atoms with Gasteiger partial charge in [0.15, 0.2) is 6.10 Å². The summed E-state index contributed by atoms with van der Waals surface area (Å²) in [5.74, 6) is 0.809. The van der Waals surface area contributed by atoms with Crippen LogP contribution in [0, 0.1) is 0 Å². The van der Waals surface area contributed by atoms with E-state index in [2.05, 4.69) is 0 Å². The number of ether oxygens (including phenoxy) is 1. The van der Waals surface area contributed by atoms with E-state index in [0.29, 0.717) is 25.9 Å². The van der Waals surface area contributed by atoms with Crippen LogP contribution in [0.25, 0.3) is 0 Å². The SMILES string of the molecule is O=C(C1Cc2ccccc2O1)N1CCC(O)C1. The quantitative estimate of drug-likeness (QED) is 0.772. The molecule has 2 unspecified atom stereocenters. The van der Waals surface area contributed by atoms with E-state index in [4.69, 9.17) is 4.74 Å². The molecule has 1 amide bonds. The Kier molecular flexibility index (Phi) is 2.52. The summed E-state index contributed by atoms with van der Waals surface area (Å²) in [6, 6.07) is 7.74. The molecule has 17 heavy (non-hydrogen) atoms. The Morgan fingerprint density at radius 2 is 2.24 bits per heavy atom. The first kappa shape index (κ1) is 10.6. The minimum atomic E-state index is -0.405. The molecule has 4 heteroatoms. The maximum Gasteiger partial charge on any atom is 0.264 e. The van der Waals surface area contributed by atoms with Crippen molar-refractivity contribution in [2.24, 2.45) is 0 Å². The largest absolute Gasteiger partial charge is 0.480 e. The number of carbonyl (C=O) groups excluding carboxylic acids is 1. The number of rotatable bonds is 1. The van der Waals surface area contributed by atoms with E-state index in [9.17, 15) is 9.90 Å². The van der Waals surface area contributed by atoms with Gasteiger partial charge in [-0.2, -0.15) is 0 Å². The lowest BCUT2D eigenvalue weighted by Crippen LogP contribution is -2.40. The van der Waals surface area contributed by atoms with Crippen LogP contribution in [0.5, 0.6) is 5.75 Å². The van der Waals surface area contributed by atoms with Gasteiger partial charge >= 0.3 is 0 Å². The lowest BCUT2D eigenvalue weighted by Gasteiger charge is -2.19. The number of nitrogens with zero attached hydrogens (tertiary/aromatic N) is 1. The van der Waals surface area contributed by atoms with Gasteiger partial charge in [-0.15, -0.1) is 0 Å². The van der Waals surface area contributed by atoms with Crippen molar-refractivity contribution in [2.75, 3.05) is 13.1 Å². The van der Waals surface area contributed by atoms with E-state index >= 15 is 0 Å². The van der Waals surface area contributed by atoms with Crippen LogP contribution in [0.15, 0.2) is 24.3 Å². The fourth-order valence-corrected chi connectivity index (χ4v) is 2.47. The molecule has 0 aromatic heterocycles. The molecule has 0 spiro atoms. The van der Waals surface area contributed by atoms with E-state index in [-0.39, 0.29) is 12.0 Å². The Balaban J connectivity index is 1.70. The molecule has 0 saturated carbocycles. The van der Waals surface area contributed by atoms with Gasteiger partial charge in [0.25, 0.3) is 5.91 Å². The molecule has 0 bridgehead atoms. The summed E-state index contributed by atoms with van der Waals surface area (Å²) < 4.78 is 5.64. The molecule has 1 aromatic rings. The topological polar surface area (TPSA) is 49.8 Å². The van der Waals surface area contributed by atoms with Crippen LogP contribution in [0.4, 0.5) is 0 Å². The van der Waals surface area contributed by atoms with Crippen molar-refractivity contribution in [1.82, 2.24) is 4.90 Å². The van der Waals surface area contributed by atoms with Crippen molar-refractivity contribution in [3.63, 3.8) is 0 Å². The Morgan fingerprint density at radius 1 is 1.41 bits per heavy atom. The maximum absolute atomic E-state index is 12.2. The Morgan fingerprint density at radius 3 is 2.94 bits per heavy atom. The summed E-state index contributed by atoms with van der Waals surface area (Å²) in [5.41, 5.74) is 1.09. The van der Waals surface area contributed by atoms with E-state index < -0.39 is 6.10 Å². The van der Waals surface area contributed by atoms with Crippen LogP contribution in [-0.4, -0.2) is 41.2 Å². The second-order valence-electron chi connectivity index (χ2n) is 4.65. The molecule has 1 aromatic carbocycles. The number of amides is 1. The van der Waals surface area contributed by atoms with E-state index in [0.717, 1.165) is 11.3 Å². The molecule has 2 heterocycles. The summed E-state index contributed by atoms with van der Waals surface area (Å²) in [6.45, 7) is 1.07. The first-order valence-corrected chi connectivity index (χ1v) is 5.95. The minimum Gasteiger partial charge on any atom is -0.480 e. The van der Waals surface area contributed by atoms with Crippen molar-refractivity contribution in [3.8, 4) is 5.75 Å². The zero-order valence-corrected chi connectivity index (χ0v) is 9.50. The van der Waals surface area contributed by atoms with Gasteiger partial charge in [0.05, 0.1) is 6.10 Å². The number of hydrogen-bond acceptors (Lipinski definition) is 3. The van der Waals surface area contributed by atoms with Gasteiger partial charge in [-0.3, -0.25) is 4.79 Å². The van der Waals surface area contributed by atoms with Gasteiger partial charge < -0.3 is 14.7 Å². The van der Waals surface area contributed by atoms with Gasteiger partial charge in [-0.25, -0.2) is 0 Å². The predicted molar refractivity (Wildman–Crippen MR) is 61.8 cm³/mol. The molecular formula is C13H15NO3. The number of aliphatic hydroxyl groups excluding tert-OH is 1. The van der Waals surface area contributed by atoms with Crippen LogP contribution >= 0.6 is 0 Å². The number of β-amino-alcohol motifs (C(OH)–C–C–N with tert-alkyl or cyclic N) is 1. The molecule has 0 aliphatic carbocycles. The average Bonchev–Trinajstić information content (AvgIpc) is 2.93. The summed E-state index contributed by atoms with van der Waals surface area (Å²) in [5, 5.41) is 9.43. The maximum atomic E-state index is 12.2. The Hall–Kier alpha value is -1.55. The smallest absolute Gasteiger partial charge is 0.264 e. The number of benzene rings is 1. The number of aliphatic hydroxyl groups is 1. The van der Waals surface area contributed by atoms with Crippen molar-refractivity contribution >= 4 is 5.91 Å². The minimum absolute atomic E-state index is 0.00208. The highest BCUT2D eigenvalue weighted by molar-refractivity contribution is 5.83. The van der Waals surface area contributed by atoms with Gasteiger partial charge in [-0.1, -0.05) is 18.2 Å². The van der Waals surface area contributed by atoms with Crippen molar-refractivity contribution in [1.29, 1.82) is 0 Å². The number of para-hydroxylation sites is 1. The number of likely N-dealkylation sites (tertiary alicyclic amines) is 1. The number of carbonyl (C=O) groups is 1. The molecule has 4 nitrogen and oxygen atoms in total. The van der Waals surface area contributed by atoms with Crippen LogP contribution in [0.3, 0.4) is 0 Å². The summed E-state index contributed by atoms with van der Waals surface area (Å²) in [4.78, 5) is 13.8.